The van der Waals surface area contributed by atoms with Crippen LogP contribution in [0.25, 0.3) is 0 Å². The molecule has 8 nitrogen and oxygen atoms in total. The summed E-state index contributed by atoms with van der Waals surface area (Å²) in [5.74, 6) is 0.415. The van der Waals surface area contributed by atoms with E-state index in [1.54, 1.807) is 13.8 Å². The average molecular weight is 289 g/mol. The zero-order valence-electron chi connectivity index (χ0n) is 11.2. The molecule has 0 bridgehead atoms. The van der Waals surface area contributed by atoms with Gasteiger partial charge in [-0.15, -0.1) is 0 Å². The van der Waals surface area contributed by atoms with E-state index >= 15 is 0 Å². The van der Waals surface area contributed by atoms with Gasteiger partial charge in [0.2, 0.25) is 0 Å². The lowest BCUT2D eigenvalue weighted by Crippen LogP contribution is -2.42. The first-order chi connectivity index (χ1) is 8.82. The third-order valence-corrected chi connectivity index (χ3v) is 4.48. The van der Waals surface area contributed by atoms with Crippen LogP contribution >= 0.6 is 0 Å². The number of nitrogens with zero attached hydrogens (tertiary/aromatic N) is 3. The lowest BCUT2D eigenvalue weighted by atomic mass is 10.4. The summed E-state index contributed by atoms with van der Waals surface area (Å²) in [5, 5.41) is 11.4. The molecule has 1 heterocycles. The van der Waals surface area contributed by atoms with E-state index in [9.17, 15) is 8.42 Å². The summed E-state index contributed by atoms with van der Waals surface area (Å²) in [7, 11) is -3.75. The third kappa shape index (κ3) is 3.44. The number of rotatable bonds is 6. The highest BCUT2D eigenvalue weighted by Crippen LogP contribution is 2.16. The Labute approximate surface area is 112 Å². The summed E-state index contributed by atoms with van der Waals surface area (Å²) in [5.41, 5.74) is 5.39. The Kier molecular flexibility index (Phi) is 4.90. The summed E-state index contributed by atoms with van der Waals surface area (Å²) in [4.78, 5) is 6.72. The lowest BCUT2D eigenvalue weighted by molar-refractivity contribution is 0.312. The van der Waals surface area contributed by atoms with Crippen LogP contribution in [0.2, 0.25) is 0 Å². The quantitative estimate of drug-likeness (QED) is 0.297. The first-order valence-corrected chi connectivity index (χ1v) is 7.29. The second kappa shape index (κ2) is 6.02. The van der Waals surface area contributed by atoms with Gasteiger partial charge in [0.25, 0.3) is 10.0 Å². The Morgan fingerprint density at radius 2 is 2.26 bits per heavy atom. The van der Waals surface area contributed by atoms with Gasteiger partial charge >= 0.3 is 0 Å². The van der Waals surface area contributed by atoms with E-state index in [0.717, 1.165) is 4.31 Å². The number of nitrogens with one attached hydrogen (secondary N) is 1. The fraction of sp³-hybridized carbons (Fsp3) is 0.600. The van der Waals surface area contributed by atoms with Crippen molar-refractivity contribution in [1.29, 1.82) is 0 Å². The number of hydrogen-bond donors (Lipinski definition) is 3. The SMILES string of the molecule is CCc1ncc(S(=O)(=O)N(CC(N)=NO)C(C)C)[nH]1. The largest absolute Gasteiger partial charge is 0.409 e. The number of sulfonamides is 1. The fourth-order valence-electron chi connectivity index (χ4n) is 1.52. The Morgan fingerprint density at radius 1 is 1.63 bits per heavy atom. The minimum Gasteiger partial charge on any atom is -0.409 e. The van der Waals surface area contributed by atoms with E-state index in [4.69, 9.17) is 10.9 Å². The second-order valence-electron chi connectivity index (χ2n) is 4.28. The Morgan fingerprint density at radius 3 is 2.68 bits per heavy atom. The summed E-state index contributed by atoms with van der Waals surface area (Å²) < 4.78 is 26.0. The van der Waals surface area contributed by atoms with Gasteiger partial charge < -0.3 is 15.9 Å². The van der Waals surface area contributed by atoms with Crippen molar-refractivity contribution in [2.45, 2.75) is 38.3 Å². The molecule has 0 fully saturated rings. The van der Waals surface area contributed by atoms with Crippen LogP contribution in [0.15, 0.2) is 16.4 Å². The molecule has 1 rings (SSSR count). The topological polar surface area (TPSA) is 125 Å². The maximum atomic E-state index is 12.4. The second-order valence-corrected chi connectivity index (χ2v) is 6.14. The van der Waals surface area contributed by atoms with Gasteiger partial charge in [0.05, 0.1) is 12.7 Å². The molecular formula is C10H19N5O3S. The number of nitrogens with two attached hydrogens (primary N) is 1. The standard InChI is InChI=1S/C10H19N5O3S/c1-4-9-12-5-10(13-9)19(17,18)15(7(2)3)6-8(11)14-16/h5,7,16H,4,6H2,1-3H3,(H2,11,14)(H,12,13). The summed E-state index contributed by atoms with van der Waals surface area (Å²) >= 11 is 0. The molecule has 1 aromatic heterocycles. The predicted octanol–water partition coefficient (Wildman–Crippen LogP) is 0.118. The van der Waals surface area contributed by atoms with Crippen LogP contribution in [0.1, 0.15) is 26.6 Å². The number of aryl methyl sites for hydroxylation is 1. The highest BCUT2D eigenvalue weighted by atomic mass is 32.2. The molecule has 0 saturated carbocycles. The van der Waals surface area contributed by atoms with Crippen LogP contribution in [0.3, 0.4) is 0 Å². The van der Waals surface area contributed by atoms with Gasteiger partial charge in [0, 0.05) is 12.5 Å². The Bertz CT molecular complexity index is 549. The van der Waals surface area contributed by atoms with Crippen molar-refractivity contribution in [2.75, 3.05) is 6.54 Å². The lowest BCUT2D eigenvalue weighted by Gasteiger charge is -2.24. The highest BCUT2D eigenvalue weighted by molar-refractivity contribution is 7.89. The van der Waals surface area contributed by atoms with Crippen LogP contribution in [0.4, 0.5) is 0 Å². The monoisotopic (exact) mass is 289 g/mol. The smallest absolute Gasteiger partial charge is 0.260 e. The highest BCUT2D eigenvalue weighted by Gasteiger charge is 2.29. The average Bonchev–Trinajstić information content (AvgIpc) is 2.84. The maximum absolute atomic E-state index is 12.4. The fourth-order valence-corrected chi connectivity index (χ4v) is 3.06. The number of oxime groups is 1. The molecule has 0 aliphatic rings. The molecule has 1 aromatic rings. The van der Waals surface area contributed by atoms with Crippen LogP contribution in [0.5, 0.6) is 0 Å². The van der Waals surface area contributed by atoms with Crippen molar-refractivity contribution >= 4 is 15.9 Å². The number of aromatic amines is 1. The molecule has 0 radical (unpaired) electrons. The molecule has 0 amide bonds. The van der Waals surface area contributed by atoms with E-state index in [0.29, 0.717) is 12.2 Å². The first kappa shape index (κ1) is 15.4. The van der Waals surface area contributed by atoms with E-state index in [-0.39, 0.29) is 23.4 Å². The zero-order chi connectivity index (χ0) is 14.6. The third-order valence-electron chi connectivity index (χ3n) is 2.55. The van der Waals surface area contributed by atoms with Gasteiger partial charge in [-0.3, -0.25) is 0 Å². The van der Waals surface area contributed by atoms with Gasteiger partial charge in [0.1, 0.15) is 5.82 Å². The van der Waals surface area contributed by atoms with Crippen molar-refractivity contribution in [3.8, 4) is 0 Å². The predicted molar refractivity (Wildman–Crippen MR) is 70.4 cm³/mol. The molecule has 0 unspecified atom stereocenters. The van der Waals surface area contributed by atoms with Gasteiger partial charge in [-0.05, 0) is 13.8 Å². The summed E-state index contributed by atoms with van der Waals surface area (Å²) in [6.45, 7) is 5.10. The van der Waals surface area contributed by atoms with Gasteiger partial charge in [-0.2, -0.15) is 4.31 Å². The summed E-state index contributed by atoms with van der Waals surface area (Å²) in [6.07, 6.45) is 1.88. The normalized spacial score (nSPS) is 13.4. The molecule has 4 N–H and O–H groups in total. The molecular weight excluding hydrogens is 270 g/mol. The zero-order valence-corrected chi connectivity index (χ0v) is 12.0. The van der Waals surface area contributed by atoms with Crippen molar-refractivity contribution in [2.24, 2.45) is 10.9 Å². The minimum atomic E-state index is -3.75. The Hall–Kier alpha value is -1.61. The molecule has 108 valence electrons. The molecule has 0 saturated heterocycles. The van der Waals surface area contributed by atoms with Crippen LogP contribution in [-0.4, -0.2) is 46.3 Å². The number of amidine groups is 1. The van der Waals surface area contributed by atoms with E-state index in [1.165, 1.54) is 6.20 Å². The Balaban J connectivity index is 3.13. The van der Waals surface area contributed by atoms with Crippen molar-refractivity contribution in [3.63, 3.8) is 0 Å². The first-order valence-electron chi connectivity index (χ1n) is 5.85. The number of aromatic nitrogens is 2. The molecule has 0 aromatic carbocycles. The molecule has 9 heteroatoms. The molecule has 0 spiro atoms. The maximum Gasteiger partial charge on any atom is 0.260 e. The van der Waals surface area contributed by atoms with Crippen molar-refractivity contribution in [3.05, 3.63) is 12.0 Å². The number of imidazole rings is 1. The molecule has 0 aliphatic carbocycles. The van der Waals surface area contributed by atoms with Gasteiger partial charge in [-0.1, -0.05) is 12.1 Å². The van der Waals surface area contributed by atoms with E-state index in [2.05, 4.69) is 15.1 Å². The molecule has 0 atom stereocenters. The van der Waals surface area contributed by atoms with Crippen LogP contribution in [0, 0.1) is 0 Å². The number of hydrogen-bond acceptors (Lipinski definition) is 5. The van der Waals surface area contributed by atoms with Gasteiger partial charge in [0.15, 0.2) is 10.9 Å². The van der Waals surface area contributed by atoms with E-state index < -0.39 is 10.0 Å². The molecule has 0 aliphatic heterocycles. The van der Waals surface area contributed by atoms with Crippen molar-refractivity contribution in [1.82, 2.24) is 14.3 Å². The van der Waals surface area contributed by atoms with E-state index in [1.807, 2.05) is 6.92 Å². The van der Waals surface area contributed by atoms with Crippen LogP contribution in [-0.2, 0) is 16.4 Å². The summed E-state index contributed by atoms with van der Waals surface area (Å²) in [6, 6.07) is -0.335. The number of H-pyrrole nitrogens is 1. The van der Waals surface area contributed by atoms with Crippen LogP contribution < -0.4 is 5.73 Å². The molecule has 19 heavy (non-hydrogen) atoms. The van der Waals surface area contributed by atoms with Gasteiger partial charge in [-0.25, -0.2) is 13.4 Å². The van der Waals surface area contributed by atoms with Crippen molar-refractivity contribution < 1.29 is 13.6 Å². The minimum absolute atomic E-state index is 0.00351.